The molecule has 0 heterocycles. The molecule has 0 aromatic heterocycles. The van der Waals surface area contributed by atoms with E-state index in [-0.39, 0.29) is 24.5 Å². The second-order valence-electron chi connectivity index (χ2n) is 3.74. The van der Waals surface area contributed by atoms with Gasteiger partial charge in [0.05, 0.1) is 11.5 Å². The molecule has 1 aromatic carbocycles. The molecule has 0 amide bonds. The normalized spacial score (nSPS) is 13.5. The lowest BCUT2D eigenvalue weighted by Gasteiger charge is -2.17. The molecule has 0 saturated heterocycles. The van der Waals surface area contributed by atoms with Crippen LogP contribution in [0.3, 0.4) is 0 Å². The molecule has 0 spiro atoms. The Labute approximate surface area is 112 Å². The summed E-state index contributed by atoms with van der Waals surface area (Å²) < 4.78 is 31.4. The number of nitrogens with one attached hydrogen (secondary N) is 1. The number of rotatable bonds is 7. The second-order valence-corrected chi connectivity index (χ2v) is 5.89. The number of halogens is 1. The fourth-order valence-electron chi connectivity index (χ4n) is 1.45. The van der Waals surface area contributed by atoms with Gasteiger partial charge in [-0.1, -0.05) is 17.7 Å². The fourth-order valence-corrected chi connectivity index (χ4v) is 3.01. The molecule has 7 heteroatoms. The highest BCUT2D eigenvalue weighted by Crippen LogP contribution is 2.15. The van der Waals surface area contributed by atoms with Gasteiger partial charge in [0.2, 0.25) is 10.0 Å². The Morgan fingerprint density at radius 2 is 2.22 bits per heavy atom. The van der Waals surface area contributed by atoms with Crippen molar-refractivity contribution in [1.82, 2.24) is 4.72 Å². The number of hydrogen-bond acceptors (Lipinski definition) is 4. The summed E-state index contributed by atoms with van der Waals surface area (Å²) in [6.45, 7) is 0.0758. The van der Waals surface area contributed by atoms with Gasteiger partial charge >= 0.3 is 0 Å². The molecule has 0 aliphatic rings. The molecule has 0 radical (unpaired) electrons. The predicted octanol–water partition coefficient (Wildman–Crippen LogP) is 1.02. The Morgan fingerprint density at radius 3 is 2.78 bits per heavy atom. The SMILES string of the molecule is COCC(CCO)NS(=O)(=O)c1cccc(Cl)c1. The van der Waals surface area contributed by atoms with Gasteiger partial charge in [-0.3, -0.25) is 0 Å². The predicted molar refractivity (Wildman–Crippen MR) is 69.1 cm³/mol. The van der Waals surface area contributed by atoms with Crippen molar-refractivity contribution in [1.29, 1.82) is 0 Å². The number of aliphatic hydroxyl groups is 1. The maximum Gasteiger partial charge on any atom is 0.240 e. The van der Waals surface area contributed by atoms with Crippen LogP contribution in [0.1, 0.15) is 6.42 Å². The minimum absolute atomic E-state index is 0.0917. The van der Waals surface area contributed by atoms with Gasteiger partial charge in [0, 0.05) is 24.8 Å². The van der Waals surface area contributed by atoms with E-state index < -0.39 is 16.1 Å². The number of benzene rings is 1. The first-order valence-corrected chi connectivity index (χ1v) is 7.23. The van der Waals surface area contributed by atoms with E-state index in [4.69, 9.17) is 21.4 Å². The number of aliphatic hydroxyl groups excluding tert-OH is 1. The highest BCUT2D eigenvalue weighted by molar-refractivity contribution is 7.89. The van der Waals surface area contributed by atoms with Crippen LogP contribution in [0.25, 0.3) is 0 Å². The first-order chi connectivity index (χ1) is 8.49. The molecule has 102 valence electrons. The largest absolute Gasteiger partial charge is 0.396 e. The summed E-state index contributed by atoms with van der Waals surface area (Å²) in [6, 6.07) is 5.52. The van der Waals surface area contributed by atoms with Crippen molar-refractivity contribution in [2.75, 3.05) is 20.3 Å². The summed E-state index contributed by atoms with van der Waals surface area (Å²) in [4.78, 5) is 0.0917. The quantitative estimate of drug-likeness (QED) is 0.787. The van der Waals surface area contributed by atoms with Crippen LogP contribution in [0.2, 0.25) is 5.02 Å². The molecule has 5 nitrogen and oxygen atoms in total. The Balaban J connectivity index is 2.86. The zero-order valence-corrected chi connectivity index (χ0v) is 11.5. The maximum atomic E-state index is 12.0. The van der Waals surface area contributed by atoms with Gasteiger partial charge in [-0.25, -0.2) is 13.1 Å². The molecule has 2 N–H and O–H groups in total. The average Bonchev–Trinajstić information content (AvgIpc) is 2.29. The molecule has 1 rings (SSSR count). The monoisotopic (exact) mass is 293 g/mol. The molecule has 1 aromatic rings. The maximum absolute atomic E-state index is 12.0. The number of sulfonamides is 1. The van der Waals surface area contributed by atoms with Crippen LogP contribution >= 0.6 is 11.6 Å². The van der Waals surface area contributed by atoms with Crippen LogP contribution in [0.5, 0.6) is 0 Å². The molecule has 18 heavy (non-hydrogen) atoms. The average molecular weight is 294 g/mol. The van der Waals surface area contributed by atoms with E-state index in [1.165, 1.54) is 19.2 Å². The molecule has 0 fully saturated rings. The molecule has 0 aliphatic carbocycles. The van der Waals surface area contributed by atoms with Gasteiger partial charge in [-0.2, -0.15) is 0 Å². The molecule has 0 bridgehead atoms. The zero-order chi connectivity index (χ0) is 13.6. The minimum atomic E-state index is -3.65. The van der Waals surface area contributed by atoms with Crippen LogP contribution in [0.4, 0.5) is 0 Å². The Bertz CT molecular complexity index is 472. The summed E-state index contributed by atoms with van der Waals surface area (Å²) in [5.41, 5.74) is 0. The van der Waals surface area contributed by atoms with Crippen molar-refractivity contribution in [2.45, 2.75) is 17.4 Å². The Kier molecular flexibility index (Phi) is 6.04. The highest BCUT2D eigenvalue weighted by Gasteiger charge is 2.19. The number of methoxy groups -OCH3 is 1. The third kappa shape index (κ3) is 4.55. The van der Waals surface area contributed by atoms with Crippen LogP contribution < -0.4 is 4.72 Å². The van der Waals surface area contributed by atoms with Crippen LogP contribution in [-0.4, -0.2) is 39.9 Å². The zero-order valence-electron chi connectivity index (χ0n) is 9.97. The fraction of sp³-hybridized carbons (Fsp3) is 0.455. The molecular weight excluding hydrogens is 278 g/mol. The summed E-state index contributed by atoms with van der Waals surface area (Å²) in [5, 5.41) is 9.21. The van der Waals surface area contributed by atoms with Crippen LogP contribution in [0.15, 0.2) is 29.2 Å². The van der Waals surface area contributed by atoms with E-state index in [0.29, 0.717) is 5.02 Å². The van der Waals surface area contributed by atoms with E-state index in [1.54, 1.807) is 12.1 Å². The molecular formula is C11H16ClNO4S. The van der Waals surface area contributed by atoms with Crippen molar-refractivity contribution in [2.24, 2.45) is 0 Å². The summed E-state index contributed by atoms with van der Waals surface area (Å²) in [6.07, 6.45) is 0.285. The Morgan fingerprint density at radius 1 is 1.50 bits per heavy atom. The molecule has 0 saturated carbocycles. The topological polar surface area (TPSA) is 75.6 Å². The van der Waals surface area contributed by atoms with E-state index in [2.05, 4.69) is 4.72 Å². The van der Waals surface area contributed by atoms with Crippen LogP contribution in [0, 0.1) is 0 Å². The van der Waals surface area contributed by atoms with Crippen LogP contribution in [-0.2, 0) is 14.8 Å². The molecule has 1 unspecified atom stereocenters. The minimum Gasteiger partial charge on any atom is -0.396 e. The lowest BCUT2D eigenvalue weighted by Crippen LogP contribution is -2.38. The molecule has 1 atom stereocenters. The lowest BCUT2D eigenvalue weighted by atomic mass is 10.2. The third-order valence-corrected chi connectivity index (χ3v) is 4.03. The van der Waals surface area contributed by atoms with Gasteiger partial charge in [-0.05, 0) is 24.6 Å². The van der Waals surface area contributed by atoms with E-state index in [1.807, 2.05) is 0 Å². The summed E-state index contributed by atoms with van der Waals surface area (Å²) >= 11 is 5.75. The highest BCUT2D eigenvalue weighted by atomic mass is 35.5. The Hall–Kier alpha value is -0.660. The van der Waals surface area contributed by atoms with E-state index in [9.17, 15) is 8.42 Å². The summed E-state index contributed by atoms with van der Waals surface area (Å²) in [7, 11) is -2.18. The van der Waals surface area contributed by atoms with E-state index in [0.717, 1.165) is 0 Å². The van der Waals surface area contributed by atoms with Crippen molar-refractivity contribution < 1.29 is 18.3 Å². The van der Waals surface area contributed by atoms with Crippen molar-refractivity contribution in [3.63, 3.8) is 0 Å². The first-order valence-electron chi connectivity index (χ1n) is 5.37. The lowest BCUT2D eigenvalue weighted by molar-refractivity contribution is 0.158. The van der Waals surface area contributed by atoms with Crippen molar-refractivity contribution >= 4 is 21.6 Å². The van der Waals surface area contributed by atoms with Gasteiger partial charge in [0.1, 0.15) is 0 Å². The van der Waals surface area contributed by atoms with Gasteiger partial charge < -0.3 is 9.84 Å². The first kappa shape index (κ1) is 15.4. The van der Waals surface area contributed by atoms with Gasteiger partial charge in [0.15, 0.2) is 0 Å². The van der Waals surface area contributed by atoms with Crippen molar-refractivity contribution in [3.05, 3.63) is 29.3 Å². The summed E-state index contributed by atoms with van der Waals surface area (Å²) in [5.74, 6) is 0. The smallest absolute Gasteiger partial charge is 0.240 e. The van der Waals surface area contributed by atoms with Gasteiger partial charge in [0.25, 0.3) is 0 Å². The van der Waals surface area contributed by atoms with E-state index >= 15 is 0 Å². The standard InChI is InChI=1S/C11H16ClNO4S/c1-17-8-10(5-6-14)13-18(15,16)11-4-2-3-9(12)7-11/h2-4,7,10,13-14H,5-6,8H2,1H3. The van der Waals surface area contributed by atoms with Crippen molar-refractivity contribution in [3.8, 4) is 0 Å². The van der Waals surface area contributed by atoms with Gasteiger partial charge in [-0.15, -0.1) is 0 Å². The second kappa shape index (κ2) is 7.06. The number of hydrogen-bond donors (Lipinski definition) is 2. The molecule has 0 aliphatic heterocycles. The number of ether oxygens (including phenoxy) is 1. The third-order valence-electron chi connectivity index (χ3n) is 2.27.